The summed E-state index contributed by atoms with van der Waals surface area (Å²) in [5.74, 6) is -0.402. The number of nitrogens with one attached hydrogen (secondary N) is 1. The van der Waals surface area contributed by atoms with Gasteiger partial charge in [-0.05, 0) is 50.2 Å². The third-order valence-corrected chi connectivity index (χ3v) is 3.07. The zero-order valence-corrected chi connectivity index (χ0v) is 10.2. The van der Waals surface area contributed by atoms with Crippen molar-refractivity contribution in [3.05, 3.63) is 29.8 Å². The molecule has 1 aromatic rings. The number of hydrogen-bond acceptors (Lipinski definition) is 3. The van der Waals surface area contributed by atoms with Crippen molar-refractivity contribution in [3.8, 4) is 5.75 Å². The minimum atomic E-state index is -4.38. The van der Waals surface area contributed by atoms with Crippen LogP contribution >= 0.6 is 0 Å². The van der Waals surface area contributed by atoms with Crippen molar-refractivity contribution in [2.24, 2.45) is 5.92 Å². The first-order valence-electron chi connectivity index (χ1n) is 6.06. The van der Waals surface area contributed by atoms with Gasteiger partial charge in [0.05, 0.1) is 11.5 Å². The Morgan fingerprint density at radius 2 is 1.74 bits per heavy atom. The second-order valence-electron chi connectivity index (χ2n) is 4.47. The van der Waals surface area contributed by atoms with Gasteiger partial charge in [-0.1, -0.05) is 0 Å². The highest BCUT2D eigenvalue weighted by Crippen LogP contribution is 2.30. The molecular weight excluding hydrogens is 259 g/mol. The van der Waals surface area contributed by atoms with Gasteiger partial charge in [0.2, 0.25) is 0 Å². The molecule has 0 aromatic heterocycles. The number of halogens is 3. The minimum Gasteiger partial charge on any atom is -0.426 e. The van der Waals surface area contributed by atoms with E-state index < -0.39 is 11.7 Å². The fourth-order valence-corrected chi connectivity index (χ4v) is 1.97. The summed E-state index contributed by atoms with van der Waals surface area (Å²) in [6.07, 6.45) is -2.99. The Bertz CT molecular complexity index is 436. The number of piperidine rings is 1. The normalized spacial score (nSPS) is 17.2. The number of ether oxygens (including phenoxy) is 1. The molecule has 104 valence electrons. The molecule has 1 N–H and O–H groups in total. The monoisotopic (exact) mass is 273 g/mol. The third kappa shape index (κ3) is 3.70. The van der Waals surface area contributed by atoms with Crippen LogP contribution in [-0.4, -0.2) is 19.1 Å². The maximum absolute atomic E-state index is 12.4. The molecule has 0 unspecified atom stereocenters. The van der Waals surface area contributed by atoms with Crippen LogP contribution in [-0.2, 0) is 11.0 Å². The van der Waals surface area contributed by atoms with Crippen molar-refractivity contribution in [2.75, 3.05) is 13.1 Å². The van der Waals surface area contributed by atoms with Gasteiger partial charge in [-0.15, -0.1) is 0 Å². The van der Waals surface area contributed by atoms with Gasteiger partial charge in [0, 0.05) is 0 Å². The Hall–Kier alpha value is -1.56. The third-order valence-electron chi connectivity index (χ3n) is 3.07. The topological polar surface area (TPSA) is 38.3 Å². The van der Waals surface area contributed by atoms with Crippen LogP contribution in [0, 0.1) is 5.92 Å². The zero-order chi connectivity index (χ0) is 13.9. The number of carbonyl (C=O) groups excluding carboxylic acids is 1. The molecule has 1 aromatic carbocycles. The average Bonchev–Trinajstić information content (AvgIpc) is 2.39. The minimum absolute atomic E-state index is 0.150. The molecule has 1 aliphatic rings. The summed E-state index contributed by atoms with van der Waals surface area (Å²) >= 11 is 0. The fraction of sp³-hybridized carbons (Fsp3) is 0.462. The SMILES string of the molecule is O=C(Oc1ccc(C(F)(F)F)cc1)C1CCNCC1. The van der Waals surface area contributed by atoms with E-state index in [1.165, 1.54) is 12.1 Å². The van der Waals surface area contributed by atoms with E-state index in [4.69, 9.17) is 4.74 Å². The van der Waals surface area contributed by atoms with E-state index in [0.29, 0.717) is 12.8 Å². The molecule has 0 aliphatic carbocycles. The van der Waals surface area contributed by atoms with Gasteiger partial charge in [-0.2, -0.15) is 13.2 Å². The van der Waals surface area contributed by atoms with Gasteiger partial charge in [-0.25, -0.2) is 0 Å². The second-order valence-corrected chi connectivity index (χ2v) is 4.47. The van der Waals surface area contributed by atoms with E-state index in [0.717, 1.165) is 25.2 Å². The van der Waals surface area contributed by atoms with Crippen LogP contribution in [0.25, 0.3) is 0 Å². The number of hydrogen-bond donors (Lipinski definition) is 1. The Labute approximate surface area is 108 Å². The number of esters is 1. The maximum Gasteiger partial charge on any atom is 0.416 e. The lowest BCUT2D eigenvalue weighted by molar-refractivity contribution is -0.139. The molecule has 3 nitrogen and oxygen atoms in total. The van der Waals surface area contributed by atoms with Crippen LogP contribution in [0.15, 0.2) is 24.3 Å². The lowest BCUT2D eigenvalue weighted by Gasteiger charge is -2.20. The van der Waals surface area contributed by atoms with Crippen molar-refractivity contribution in [3.63, 3.8) is 0 Å². The van der Waals surface area contributed by atoms with Gasteiger partial charge in [0.1, 0.15) is 5.75 Å². The van der Waals surface area contributed by atoms with E-state index in [1.807, 2.05) is 0 Å². The Morgan fingerprint density at radius 1 is 1.16 bits per heavy atom. The van der Waals surface area contributed by atoms with Crippen LogP contribution in [0.2, 0.25) is 0 Å². The lowest BCUT2D eigenvalue weighted by atomic mass is 9.98. The quantitative estimate of drug-likeness (QED) is 0.665. The number of rotatable bonds is 2. The van der Waals surface area contributed by atoms with Gasteiger partial charge >= 0.3 is 12.1 Å². The Morgan fingerprint density at radius 3 is 2.26 bits per heavy atom. The first kappa shape index (κ1) is 13.9. The average molecular weight is 273 g/mol. The number of benzene rings is 1. The predicted molar refractivity (Wildman–Crippen MR) is 62.7 cm³/mol. The molecule has 1 heterocycles. The Balaban J connectivity index is 1.97. The highest BCUT2D eigenvalue weighted by atomic mass is 19.4. The molecule has 1 fully saturated rings. The molecule has 19 heavy (non-hydrogen) atoms. The molecule has 6 heteroatoms. The van der Waals surface area contributed by atoms with Crippen molar-refractivity contribution in [2.45, 2.75) is 19.0 Å². The number of carbonyl (C=O) groups is 1. The summed E-state index contributed by atoms with van der Waals surface area (Å²) in [5, 5.41) is 3.12. The highest BCUT2D eigenvalue weighted by molar-refractivity contribution is 5.75. The number of alkyl halides is 3. The summed E-state index contributed by atoms with van der Waals surface area (Å²) in [6, 6.07) is 4.15. The van der Waals surface area contributed by atoms with Gasteiger partial charge in [-0.3, -0.25) is 4.79 Å². The first-order valence-corrected chi connectivity index (χ1v) is 6.06. The molecule has 0 saturated carbocycles. The van der Waals surface area contributed by atoms with Crippen LogP contribution < -0.4 is 10.1 Å². The summed E-state index contributed by atoms with van der Waals surface area (Å²) in [7, 11) is 0. The standard InChI is InChI=1S/C13H14F3NO2/c14-13(15,16)10-1-3-11(4-2-10)19-12(18)9-5-7-17-8-6-9/h1-4,9,17H,5-8H2. The molecule has 0 atom stereocenters. The molecule has 0 spiro atoms. The zero-order valence-electron chi connectivity index (χ0n) is 10.2. The Kier molecular flexibility index (Phi) is 4.09. The van der Waals surface area contributed by atoms with Crippen molar-refractivity contribution < 1.29 is 22.7 Å². The van der Waals surface area contributed by atoms with E-state index in [9.17, 15) is 18.0 Å². The largest absolute Gasteiger partial charge is 0.426 e. The van der Waals surface area contributed by atoms with Gasteiger partial charge < -0.3 is 10.1 Å². The van der Waals surface area contributed by atoms with E-state index >= 15 is 0 Å². The highest BCUT2D eigenvalue weighted by Gasteiger charge is 2.30. The molecule has 0 bridgehead atoms. The molecule has 1 saturated heterocycles. The van der Waals surface area contributed by atoms with Crippen molar-refractivity contribution >= 4 is 5.97 Å². The van der Waals surface area contributed by atoms with Crippen molar-refractivity contribution in [1.82, 2.24) is 5.32 Å². The molecule has 2 rings (SSSR count). The first-order chi connectivity index (χ1) is 8.97. The van der Waals surface area contributed by atoms with Crippen LogP contribution in [0.3, 0.4) is 0 Å². The predicted octanol–water partition coefficient (Wildman–Crippen LogP) is 2.61. The van der Waals surface area contributed by atoms with Crippen LogP contribution in [0.5, 0.6) is 5.75 Å². The van der Waals surface area contributed by atoms with Crippen molar-refractivity contribution in [1.29, 1.82) is 0 Å². The summed E-state index contributed by atoms with van der Waals surface area (Å²) in [5.41, 5.74) is -0.755. The molecule has 1 aliphatic heterocycles. The fourth-order valence-electron chi connectivity index (χ4n) is 1.97. The van der Waals surface area contributed by atoms with E-state index in [2.05, 4.69) is 5.32 Å². The maximum atomic E-state index is 12.4. The summed E-state index contributed by atoms with van der Waals surface area (Å²) < 4.78 is 42.2. The summed E-state index contributed by atoms with van der Waals surface area (Å²) in [4.78, 5) is 11.8. The van der Waals surface area contributed by atoms with Crippen LogP contribution in [0.4, 0.5) is 13.2 Å². The molecular formula is C13H14F3NO2. The summed E-state index contributed by atoms with van der Waals surface area (Å²) in [6.45, 7) is 1.51. The van der Waals surface area contributed by atoms with E-state index in [-0.39, 0.29) is 17.6 Å². The molecule has 0 radical (unpaired) electrons. The second kappa shape index (κ2) is 5.61. The van der Waals surface area contributed by atoms with Gasteiger partial charge in [0.15, 0.2) is 0 Å². The molecule has 0 amide bonds. The lowest BCUT2D eigenvalue weighted by Crippen LogP contribution is -2.33. The van der Waals surface area contributed by atoms with E-state index in [1.54, 1.807) is 0 Å². The van der Waals surface area contributed by atoms with Crippen LogP contribution in [0.1, 0.15) is 18.4 Å². The van der Waals surface area contributed by atoms with Gasteiger partial charge in [0.25, 0.3) is 0 Å². The smallest absolute Gasteiger partial charge is 0.416 e.